The van der Waals surface area contributed by atoms with Crippen LogP contribution in [0.15, 0.2) is 35.2 Å². The van der Waals surface area contributed by atoms with Crippen molar-refractivity contribution in [3.05, 3.63) is 30.3 Å². The van der Waals surface area contributed by atoms with Crippen LogP contribution in [0, 0.1) is 0 Å². The molecule has 1 unspecified atom stereocenters. The molecule has 0 aliphatic carbocycles. The first-order valence-electron chi connectivity index (χ1n) is 4.25. The van der Waals surface area contributed by atoms with Gasteiger partial charge >= 0.3 is 5.97 Å². The monoisotopic (exact) mass is 211 g/mol. The molecule has 0 spiro atoms. The van der Waals surface area contributed by atoms with Gasteiger partial charge in [0.15, 0.2) is 0 Å². The smallest absolute Gasteiger partial charge is 0.323 e. The maximum absolute atomic E-state index is 11.0. The van der Waals surface area contributed by atoms with E-state index in [2.05, 4.69) is 4.74 Å². The van der Waals surface area contributed by atoms with Crippen LogP contribution in [0.25, 0.3) is 0 Å². The second-order valence-corrected chi connectivity index (χ2v) is 3.85. The van der Waals surface area contributed by atoms with Crippen LogP contribution in [-0.2, 0) is 9.53 Å². The Balaban J connectivity index is 2.38. The normalized spacial score (nSPS) is 12.1. The summed E-state index contributed by atoms with van der Waals surface area (Å²) in [4.78, 5) is 12.1. The van der Waals surface area contributed by atoms with Crippen molar-refractivity contribution in [2.45, 2.75) is 10.9 Å². The predicted octanol–water partition coefficient (Wildman–Crippen LogP) is 1.28. The highest BCUT2D eigenvalue weighted by atomic mass is 32.2. The molecular weight excluding hydrogens is 198 g/mol. The van der Waals surface area contributed by atoms with Crippen molar-refractivity contribution >= 4 is 17.7 Å². The zero-order valence-electron chi connectivity index (χ0n) is 7.97. The van der Waals surface area contributed by atoms with Crippen molar-refractivity contribution < 1.29 is 9.53 Å². The molecule has 0 amide bonds. The number of hydrogen-bond donors (Lipinski definition) is 1. The number of hydrogen-bond acceptors (Lipinski definition) is 4. The molecule has 14 heavy (non-hydrogen) atoms. The average Bonchev–Trinajstić information content (AvgIpc) is 2.26. The molecule has 2 N–H and O–H groups in total. The Labute approximate surface area is 87.6 Å². The Kier molecular flexibility index (Phi) is 4.49. The molecule has 0 aromatic heterocycles. The Hall–Kier alpha value is -1.00. The molecular formula is C10H13NO2S. The highest BCUT2D eigenvalue weighted by Gasteiger charge is 2.13. The number of benzene rings is 1. The zero-order chi connectivity index (χ0) is 10.4. The third-order valence-corrected chi connectivity index (χ3v) is 2.81. The quantitative estimate of drug-likeness (QED) is 0.602. The highest BCUT2D eigenvalue weighted by Crippen LogP contribution is 2.17. The average molecular weight is 211 g/mol. The number of rotatable bonds is 4. The molecule has 1 atom stereocenters. The first-order valence-corrected chi connectivity index (χ1v) is 5.24. The number of nitrogens with two attached hydrogens (primary N) is 1. The molecule has 1 aromatic rings. The van der Waals surface area contributed by atoms with E-state index in [1.807, 2.05) is 30.3 Å². The molecule has 0 saturated heterocycles. The van der Waals surface area contributed by atoms with E-state index in [-0.39, 0.29) is 5.97 Å². The molecule has 0 fully saturated rings. The summed E-state index contributed by atoms with van der Waals surface area (Å²) in [6, 6.07) is 9.26. The van der Waals surface area contributed by atoms with E-state index in [4.69, 9.17) is 5.73 Å². The third kappa shape index (κ3) is 3.40. The highest BCUT2D eigenvalue weighted by molar-refractivity contribution is 7.99. The number of methoxy groups -OCH3 is 1. The van der Waals surface area contributed by atoms with Crippen molar-refractivity contribution in [2.24, 2.45) is 5.73 Å². The third-order valence-electron chi connectivity index (χ3n) is 1.68. The zero-order valence-corrected chi connectivity index (χ0v) is 8.79. The number of ether oxygens (including phenoxy) is 1. The van der Waals surface area contributed by atoms with Crippen LogP contribution in [0.2, 0.25) is 0 Å². The summed E-state index contributed by atoms with van der Waals surface area (Å²) in [5, 5.41) is 0. The Morgan fingerprint density at radius 2 is 2.14 bits per heavy atom. The van der Waals surface area contributed by atoms with Gasteiger partial charge in [-0.25, -0.2) is 0 Å². The van der Waals surface area contributed by atoms with Gasteiger partial charge in [-0.05, 0) is 12.1 Å². The molecule has 0 saturated carbocycles. The van der Waals surface area contributed by atoms with Crippen LogP contribution in [0.3, 0.4) is 0 Å². The molecule has 1 rings (SSSR count). The number of esters is 1. The molecule has 3 nitrogen and oxygen atoms in total. The van der Waals surface area contributed by atoms with Crippen molar-refractivity contribution in [3.63, 3.8) is 0 Å². The lowest BCUT2D eigenvalue weighted by molar-refractivity contribution is -0.141. The van der Waals surface area contributed by atoms with Gasteiger partial charge in [0, 0.05) is 10.6 Å². The Bertz CT molecular complexity index is 289. The fourth-order valence-electron chi connectivity index (χ4n) is 0.922. The van der Waals surface area contributed by atoms with Crippen LogP contribution in [-0.4, -0.2) is 24.9 Å². The molecule has 1 aromatic carbocycles. The van der Waals surface area contributed by atoms with Gasteiger partial charge in [0.1, 0.15) is 6.04 Å². The van der Waals surface area contributed by atoms with E-state index in [0.717, 1.165) is 4.90 Å². The van der Waals surface area contributed by atoms with E-state index in [9.17, 15) is 4.79 Å². The van der Waals surface area contributed by atoms with Crippen molar-refractivity contribution in [1.29, 1.82) is 0 Å². The largest absolute Gasteiger partial charge is 0.468 e. The number of thioether (sulfide) groups is 1. The molecule has 0 aliphatic rings. The Morgan fingerprint density at radius 3 is 2.71 bits per heavy atom. The maximum atomic E-state index is 11.0. The standard InChI is InChI=1S/C10H13NO2S/c1-13-10(12)9(11)7-14-8-5-3-2-4-6-8/h2-6,9H,7,11H2,1H3. The van der Waals surface area contributed by atoms with Gasteiger partial charge in [-0.3, -0.25) is 4.79 Å². The minimum Gasteiger partial charge on any atom is -0.468 e. The van der Waals surface area contributed by atoms with E-state index in [1.54, 1.807) is 11.8 Å². The summed E-state index contributed by atoms with van der Waals surface area (Å²) in [7, 11) is 1.34. The Morgan fingerprint density at radius 1 is 1.50 bits per heavy atom. The summed E-state index contributed by atoms with van der Waals surface area (Å²) < 4.78 is 4.52. The van der Waals surface area contributed by atoms with Crippen LogP contribution in [0.1, 0.15) is 0 Å². The van der Waals surface area contributed by atoms with E-state index in [1.165, 1.54) is 7.11 Å². The molecule has 0 radical (unpaired) electrons. The van der Waals surface area contributed by atoms with Gasteiger partial charge in [0.05, 0.1) is 7.11 Å². The van der Waals surface area contributed by atoms with Gasteiger partial charge in [0.2, 0.25) is 0 Å². The van der Waals surface area contributed by atoms with Gasteiger partial charge in [-0.2, -0.15) is 0 Å². The molecule has 0 bridgehead atoms. The summed E-state index contributed by atoms with van der Waals surface area (Å²) in [6.45, 7) is 0. The fraction of sp³-hybridized carbons (Fsp3) is 0.300. The summed E-state index contributed by atoms with van der Waals surface area (Å²) in [5.41, 5.74) is 5.58. The van der Waals surface area contributed by atoms with Crippen LogP contribution < -0.4 is 5.73 Å². The second-order valence-electron chi connectivity index (χ2n) is 2.75. The lowest BCUT2D eigenvalue weighted by Gasteiger charge is -2.08. The molecule has 0 aliphatic heterocycles. The first-order chi connectivity index (χ1) is 6.74. The lowest BCUT2D eigenvalue weighted by atomic mass is 10.4. The van der Waals surface area contributed by atoms with Gasteiger partial charge in [-0.15, -0.1) is 11.8 Å². The summed E-state index contributed by atoms with van der Waals surface area (Å²) in [5.74, 6) is 0.171. The van der Waals surface area contributed by atoms with Crippen molar-refractivity contribution in [3.8, 4) is 0 Å². The summed E-state index contributed by atoms with van der Waals surface area (Å²) >= 11 is 1.55. The summed E-state index contributed by atoms with van der Waals surface area (Å²) in [6.07, 6.45) is 0. The van der Waals surface area contributed by atoms with E-state index in [0.29, 0.717) is 5.75 Å². The van der Waals surface area contributed by atoms with Crippen LogP contribution >= 0.6 is 11.8 Å². The van der Waals surface area contributed by atoms with Crippen molar-refractivity contribution in [2.75, 3.05) is 12.9 Å². The minimum atomic E-state index is -0.551. The number of carbonyl (C=O) groups excluding carboxylic acids is 1. The molecule has 0 heterocycles. The topological polar surface area (TPSA) is 52.3 Å². The minimum absolute atomic E-state index is 0.367. The van der Waals surface area contributed by atoms with Crippen LogP contribution in [0.5, 0.6) is 0 Å². The maximum Gasteiger partial charge on any atom is 0.323 e. The fourth-order valence-corrected chi connectivity index (χ4v) is 1.78. The predicted molar refractivity (Wildman–Crippen MR) is 57.2 cm³/mol. The van der Waals surface area contributed by atoms with Gasteiger partial charge in [-0.1, -0.05) is 18.2 Å². The van der Waals surface area contributed by atoms with Crippen LogP contribution in [0.4, 0.5) is 0 Å². The SMILES string of the molecule is COC(=O)C(N)CSc1ccccc1. The second kappa shape index (κ2) is 5.67. The molecule has 4 heteroatoms. The first kappa shape index (κ1) is 11.1. The van der Waals surface area contributed by atoms with Crippen molar-refractivity contribution in [1.82, 2.24) is 0 Å². The lowest BCUT2D eigenvalue weighted by Crippen LogP contribution is -2.33. The van der Waals surface area contributed by atoms with Gasteiger partial charge < -0.3 is 10.5 Å². The molecule has 76 valence electrons. The van der Waals surface area contributed by atoms with E-state index >= 15 is 0 Å². The van der Waals surface area contributed by atoms with Gasteiger partial charge in [0.25, 0.3) is 0 Å². The van der Waals surface area contributed by atoms with E-state index < -0.39 is 6.04 Å². The number of carbonyl (C=O) groups is 1.